The summed E-state index contributed by atoms with van der Waals surface area (Å²) >= 11 is 0. The highest BCUT2D eigenvalue weighted by Crippen LogP contribution is 2.29. The molecule has 1 aliphatic heterocycles. The summed E-state index contributed by atoms with van der Waals surface area (Å²) in [4.78, 5) is 18.2. The molecular weight excluding hydrogens is 228 g/mol. The summed E-state index contributed by atoms with van der Waals surface area (Å²) in [5.41, 5.74) is 0.698. The molecule has 2 heterocycles. The van der Waals surface area contributed by atoms with Crippen LogP contribution in [0.15, 0.2) is 24.4 Å². The van der Waals surface area contributed by atoms with E-state index in [1.807, 2.05) is 32.0 Å². The zero-order valence-corrected chi connectivity index (χ0v) is 11.0. The number of pyridine rings is 1. The topological polar surface area (TPSA) is 53.4 Å². The zero-order chi connectivity index (χ0) is 13.2. The number of likely N-dealkylation sites (tertiary alicyclic amines) is 1. The lowest BCUT2D eigenvalue weighted by Crippen LogP contribution is -2.42. The standard InChI is InChI=1S/C14H20N2O2/c1-14(2)9-12(17)10-16(14)13(18)7-6-11-5-3-4-8-15-11/h3-5,8,12,17H,6-7,9-10H2,1-2H3. The molecule has 1 aliphatic rings. The van der Waals surface area contributed by atoms with Crippen molar-refractivity contribution in [1.82, 2.24) is 9.88 Å². The fraction of sp³-hybridized carbons (Fsp3) is 0.571. The van der Waals surface area contributed by atoms with Gasteiger partial charge in [0.25, 0.3) is 0 Å². The molecule has 1 N–H and O–H groups in total. The fourth-order valence-corrected chi connectivity index (χ4v) is 2.56. The zero-order valence-electron chi connectivity index (χ0n) is 11.0. The lowest BCUT2D eigenvalue weighted by atomic mass is 10.0. The molecule has 0 bridgehead atoms. The highest BCUT2D eigenvalue weighted by atomic mass is 16.3. The molecule has 1 aromatic heterocycles. The van der Waals surface area contributed by atoms with Crippen molar-refractivity contribution in [2.75, 3.05) is 6.54 Å². The van der Waals surface area contributed by atoms with Gasteiger partial charge in [0.05, 0.1) is 6.10 Å². The van der Waals surface area contributed by atoms with Gasteiger partial charge >= 0.3 is 0 Å². The van der Waals surface area contributed by atoms with Gasteiger partial charge in [0.1, 0.15) is 0 Å². The van der Waals surface area contributed by atoms with Crippen LogP contribution < -0.4 is 0 Å². The quantitative estimate of drug-likeness (QED) is 0.879. The van der Waals surface area contributed by atoms with Gasteiger partial charge < -0.3 is 10.0 Å². The Hall–Kier alpha value is -1.42. The molecule has 4 nitrogen and oxygen atoms in total. The van der Waals surface area contributed by atoms with Gasteiger partial charge in [-0.2, -0.15) is 0 Å². The highest BCUT2D eigenvalue weighted by molar-refractivity contribution is 5.77. The van der Waals surface area contributed by atoms with E-state index in [2.05, 4.69) is 4.98 Å². The Morgan fingerprint density at radius 2 is 2.33 bits per heavy atom. The van der Waals surface area contributed by atoms with Gasteiger partial charge in [-0.25, -0.2) is 0 Å². The number of carbonyl (C=O) groups is 1. The largest absolute Gasteiger partial charge is 0.391 e. The molecular formula is C14H20N2O2. The number of hydrogen-bond donors (Lipinski definition) is 1. The molecule has 0 radical (unpaired) electrons. The first-order chi connectivity index (χ1) is 8.49. The summed E-state index contributed by atoms with van der Waals surface area (Å²) in [6.45, 7) is 4.46. The lowest BCUT2D eigenvalue weighted by Gasteiger charge is -2.31. The maximum atomic E-state index is 12.2. The van der Waals surface area contributed by atoms with Gasteiger partial charge in [-0.05, 0) is 38.8 Å². The van der Waals surface area contributed by atoms with Crippen LogP contribution in [0, 0.1) is 0 Å². The molecule has 1 amide bonds. The van der Waals surface area contributed by atoms with E-state index in [9.17, 15) is 9.90 Å². The number of aliphatic hydroxyl groups excluding tert-OH is 1. The second-order valence-electron chi connectivity index (χ2n) is 5.50. The highest BCUT2D eigenvalue weighted by Gasteiger charge is 2.39. The number of β-amino-alcohol motifs (C(OH)–C–C–N with tert-alkyl or cyclic N) is 1. The molecule has 1 unspecified atom stereocenters. The number of aliphatic hydroxyl groups is 1. The molecule has 1 saturated heterocycles. The van der Waals surface area contributed by atoms with Crippen molar-refractivity contribution in [3.05, 3.63) is 30.1 Å². The summed E-state index contributed by atoms with van der Waals surface area (Å²) in [5, 5.41) is 9.66. The number of aromatic nitrogens is 1. The van der Waals surface area contributed by atoms with Crippen LogP contribution in [0.2, 0.25) is 0 Å². The predicted molar refractivity (Wildman–Crippen MR) is 69.0 cm³/mol. The number of nitrogens with zero attached hydrogens (tertiary/aromatic N) is 2. The van der Waals surface area contributed by atoms with Crippen LogP contribution in [-0.4, -0.2) is 39.1 Å². The Morgan fingerprint density at radius 1 is 1.56 bits per heavy atom. The Labute approximate surface area is 108 Å². The normalized spacial score (nSPS) is 22.2. The van der Waals surface area contributed by atoms with Gasteiger partial charge in [0, 0.05) is 30.4 Å². The van der Waals surface area contributed by atoms with Crippen molar-refractivity contribution in [2.24, 2.45) is 0 Å². The number of aryl methyl sites for hydroxylation is 1. The molecule has 1 atom stereocenters. The van der Waals surface area contributed by atoms with E-state index >= 15 is 0 Å². The monoisotopic (exact) mass is 248 g/mol. The predicted octanol–water partition coefficient (Wildman–Crippen LogP) is 1.39. The van der Waals surface area contributed by atoms with Crippen molar-refractivity contribution < 1.29 is 9.90 Å². The molecule has 1 fully saturated rings. The van der Waals surface area contributed by atoms with Crippen molar-refractivity contribution in [3.63, 3.8) is 0 Å². The first-order valence-corrected chi connectivity index (χ1v) is 6.37. The number of hydrogen-bond acceptors (Lipinski definition) is 3. The smallest absolute Gasteiger partial charge is 0.223 e. The van der Waals surface area contributed by atoms with Gasteiger partial charge in [-0.15, -0.1) is 0 Å². The summed E-state index contributed by atoms with van der Waals surface area (Å²) < 4.78 is 0. The first-order valence-electron chi connectivity index (χ1n) is 6.37. The second kappa shape index (κ2) is 5.06. The Kier molecular flexibility index (Phi) is 3.66. The minimum absolute atomic E-state index is 0.0993. The minimum atomic E-state index is -0.390. The third-order valence-corrected chi connectivity index (χ3v) is 3.48. The van der Waals surface area contributed by atoms with E-state index in [-0.39, 0.29) is 17.6 Å². The van der Waals surface area contributed by atoms with E-state index in [0.717, 1.165) is 5.69 Å². The third kappa shape index (κ3) is 2.88. The van der Waals surface area contributed by atoms with Crippen LogP contribution in [0.1, 0.15) is 32.4 Å². The van der Waals surface area contributed by atoms with Crippen LogP contribution in [0.4, 0.5) is 0 Å². The molecule has 1 aromatic rings. The average molecular weight is 248 g/mol. The molecule has 0 spiro atoms. The van der Waals surface area contributed by atoms with Crippen LogP contribution in [0.25, 0.3) is 0 Å². The molecule has 4 heteroatoms. The van der Waals surface area contributed by atoms with Gasteiger partial charge in [0.15, 0.2) is 0 Å². The fourth-order valence-electron chi connectivity index (χ4n) is 2.56. The maximum absolute atomic E-state index is 12.2. The molecule has 98 valence electrons. The van der Waals surface area contributed by atoms with E-state index < -0.39 is 0 Å². The SMILES string of the molecule is CC1(C)CC(O)CN1C(=O)CCc1ccccn1. The lowest BCUT2D eigenvalue weighted by molar-refractivity contribution is -0.134. The van der Waals surface area contributed by atoms with Crippen molar-refractivity contribution >= 4 is 5.91 Å². The van der Waals surface area contributed by atoms with Crippen LogP contribution in [-0.2, 0) is 11.2 Å². The third-order valence-electron chi connectivity index (χ3n) is 3.48. The summed E-state index contributed by atoms with van der Waals surface area (Å²) in [5.74, 6) is 0.0993. The molecule has 18 heavy (non-hydrogen) atoms. The maximum Gasteiger partial charge on any atom is 0.223 e. The van der Waals surface area contributed by atoms with Crippen molar-refractivity contribution in [3.8, 4) is 0 Å². The van der Waals surface area contributed by atoms with E-state index in [1.54, 1.807) is 11.1 Å². The Morgan fingerprint density at radius 3 is 2.89 bits per heavy atom. The van der Waals surface area contributed by atoms with Crippen LogP contribution in [0.3, 0.4) is 0 Å². The van der Waals surface area contributed by atoms with Gasteiger partial charge in [-0.1, -0.05) is 6.07 Å². The second-order valence-corrected chi connectivity index (χ2v) is 5.50. The van der Waals surface area contributed by atoms with Crippen molar-refractivity contribution in [2.45, 2.75) is 44.8 Å². The van der Waals surface area contributed by atoms with Gasteiger partial charge in [-0.3, -0.25) is 9.78 Å². The number of rotatable bonds is 3. The van der Waals surface area contributed by atoms with E-state index in [4.69, 9.17) is 0 Å². The summed E-state index contributed by atoms with van der Waals surface area (Å²) in [6.07, 6.45) is 3.11. The molecule has 0 aliphatic carbocycles. The molecule has 0 aromatic carbocycles. The van der Waals surface area contributed by atoms with E-state index in [1.165, 1.54) is 0 Å². The van der Waals surface area contributed by atoms with Crippen LogP contribution >= 0.6 is 0 Å². The Balaban J connectivity index is 1.93. The molecule has 2 rings (SSSR count). The van der Waals surface area contributed by atoms with Crippen LogP contribution in [0.5, 0.6) is 0 Å². The molecule has 0 saturated carbocycles. The van der Waals surface area contributed by atoms with E-state index in [0.29, 0.717) is 25.8 Å². The first kappa shape index (κ1) is 13.0. The van der Waals surface area contributed by atoms with Crippen molar-refractivity contribution in [1.29, 1.82) is 0 Å². The van der Waals surface area contributed by atoms with Gasteiger partial charge in [0.2, 0.25) is 5.91 Å². The number of amides is 1. The minimum Gasteiger partial charge on any atom is -0.391 e. The summed E-state index contributed by atoms with van der Waals surface area (Å²) in [7, 11) is 0. The number of carbonyl (C=O) groups excluding carboxylic acids is 1. The summed E-state index contributed by atoms with van der Waals surface area (Å²) in [6, 6.07) is 5.72. The Bertz CT molecular complexity index is 417. The average Bonchev–Trinajstić information content (AvgIpc) is 2.61.